The third kappa shape index (κ3) is 4.70. The van der Waals surface area contributed by atoms with Crippen molar-refractivity contribution in [3.05, 3.63) is 76.9 Å². The highest BCUT2D eigenvalue weighted by atomic mass is 32.2. The number of nitrogens with one attached hydrogen (secondary N) is 1. The van der Waals surface area contributed by atoms with E-state index in [4.69, 9.17) is 9.15 Å². The van der Waals surface area contributed by atoms with Crippen molar-refractivity contribution in [2.75, 3.05) is 6.61 Å². The summed E-state index contributed by atoms with van der Waals surface area (Å²) in [5, 5.41) is 12.6. The molecular formula is C23H18N2O5S. The van der Waals surface area contributed by atoms with Crippen molar-refractivity contribution in [3.63, 3.8) is 0 Å². The average molecular weight is 434 g/mol. The normalized spacial score (nSPS) is 16.0. The lowest BCUT2D eigenvalue weighted by Gasteiger charge is -2.02. The van der Waals surface area contributed by atoms with Crippen LogP contribution in [-0.4, -0.2) is 28.8 Å². The molecule has 3 aromatic rings. The first-order valence-electron chi connectivity index (χ1n) is 9.48. The Balaban J connectivity index is 1.53. The third-order valence-corrected chi connectivity index (χ3v) is 5.26. The van der Waals surface area contributed by atoms with E-state index in [0.29, 0.717) is 39.5 Å². The summed E-state index contributed by atoms with van der Waals surface area (Å²) < 4.78 is 11.2. The zero-order valence-electron chi connectivity index (χ0n) is 16.5. The van der Waals surface area contributed by atoms with E-state index in [1.165, 1.54) is 17.8 Å². The highest BCUT2D eigenvalue weighted by molar-refractivity contribution is 8.18. The van der Waals surface area contributed by atoms with Crippen molar-refractivity contribution in [2.24, 2.45) is 4.99 Å². The van der Waals surface area contributed by atoms with Crippen LogP contribution >= 0.6 is 11.8 Å². The van der Waals surface area contributed by atoms with Crippen LogP contribution in [0.4, 0.5) is 5.69 Å². The van der Waals surface area contributed by atoms with Crippen LogP contribution in [0.5, 0.6) is 5.75 Å². The van der Waals surface area contributed by atoms with Crippen molar-refractivity contribution in [1.82, 2.24) is 5.32 Å². The number of ether oxygens (including phenoxy) is 1. The molecule has 1 saturated heterocycles. The van der Waals surface area contributed by atoms with E-state index in [2.05, 4.69) is 10.3 Å². The first-order valence-corrected chi connectivity index (χ1v) is 10.3. The fourth-order valence-corrected chi connectivity index (χ4v) is 3.79. The lowest BCUT2D eigenvalue weighted by molar-refractivity contribution is -0.115. The lowest BCUT2D eigenvalue weighted by atomic mass is 10.1. The number of benzene rings is 2. The predicted molar refractivity (Wildman–Crippen MR) is 120 cm³/mol. The molecule has 0 atom stereocenters. The van der Waals surface area contributed by atoms with Crippen LogP contribution in [0.3, 0.4) is 0 Å². The van der Waals surface area contributed by atoms with E-state index in [0.717, 1.165) is 5.75 Å². The van der Waals surface area contributed by atoms with Crippen LogP contribution in [0, 0.1) is 0 Å². The number of hydrogen-bond acceptors (Lipinski definition) is 6. The number of carbonyl (C=O) groups excluding carboxylic acids is 1. The van der Waals surface area contributed by atoms with E-state index < -0.39 is 5.97 Å². The van der Waals surface area contributed by atoms with Crippen LogP contribution in [0.25, 0.3) is 17.4 Å². The van der Waals surface area contributed by atoms with Gasteiger partial charge < -0.3 is 19.6 Å². The van der Waals surface area contributed by atoms with Gasteiger partial charge in [0.15, 0.2) is 5.17 Å². The number of nitrogens with zero attached hydrogens (tertiary/aromatic N) is 1. The number of carboxylic acid groups (broad SMARTS) is 1. The Labute approximate surface area is 182 Å². The Hall–Kier alpha value is -3.78. The Kier molecular flexibility index (Phi) is 5.90. The van der Waals surface area contributed by atoms with Gasteiger partial charge in [-0.1, -0.05) is 18.2 Å². The van der Waals surface area contributed by atoms with Gasteiger partial charge in [-0.3, -0.25) is 4.79 Å². The molecule has 1 fully saturated rings. The molecule has 4 rings (SSSR count). The minimum Gasteiger partial charge on any atom is -0.494 e. The van der Waals surface area contributed by atoms with Gasteiger partial charge in [0.1, 0.15) is 17.3 Å². The topological polar surface area (TPSA) is 101 Å². The second-order valence-corrected chi connectivity index (χ2v) is 7.49. The van der Waals surface area contributed by atoms with E-state index in [9.17, 15) is 14.7 Å². The van der Waals surface area contributed by atoms with Gasteiger partial charge in [0.2, 0.25) is 0 Å². The molecule has 0 unspecified atom stereocenters. The summed E-state index contributed by atoms with van der Waals surface area (Å²) in [5.41, 5.74) is 1.31. The smallest absolute Gasteiger partial charge is 0.336 e. The van der Waals surface area contributed by atoms with Crippen LogP contribution in [0.1, 0.15) is 23.0 Å². The van der Waals surface area contributed by atoms with E-state index in [-0.39, 0.29) is 11.5 Å². The molecule has 2 heterocycles. The first-order chi connectivity index (χ1) is 15.0. The summed E-state index contributed by atoms with van der Waals surface area (Å²) in [6.45, 7) is 2.50. The number of amides is 1. The number of hydrogen-bond donors (Lipinski definition) is 2. The highest BCUT2D eigenvalue weighted by Gasteiger charge is 2.24. The second kappa shape index (κ2) is 8.93. The second-order valence-electron chi connectivity index (χ2n) is 6.46. The number of furan rings is 1. The molecule has 1 amide bonds. The minimum absolute atomic E-state index is 0.147. The molecule has 0 radical (unpaired) electrons. The maximum absolute atomic E-state index is 12.3. The number of amidine groups is 1. The molecular weight excluding hydrogens is 416 g/mol. The summed E-state index contributed by atoms with van der Waals surface area (Å²) in [7, 11) is 0. The molecule has 2 N–H and O–H groups in total. The molecule has 1 aliphatic rings. The number of aliphatic imine (C=N–C) groups is 1. The van der Waals surface area contributed by atoms with Gasteiger partial charge in [-0.15, -0.1) is 0 Å². The fourth-order valence-electron chi connectivity index (χ4n) is 2.97. The summed E-state index contributed by atoms with van der Waals surface area (Å²) in [6.07, 6.45) is 1.60. The van der Waals surface area contributed by atoms with Crippen LogP contribution < -0.4 is 10.1 Å². The van der Waals surface area contributed by atoms with Gasteiger partial charge in [-0.25, -0.2) is 9.79 Å². The van der Waals surface area contributed by atoms with Gasteiger partial charge in [-0.2, -0.15) is 0 Å². The number of aromatic carboxylic acids is 1. The van der Waals surface area contributed by atoms with Crippen LogP contribution in [0.15, 0.2) is 75.0 Å². The third-order valence-electron chi connectivity index (χ3n) is 4.35. The Bertz CT molecular complexity index is 1190. The summed E-state index contributed by atoms with van der Waals surface area (Å²) in [6, 6.07) is 17.2. The van der Waals surface area contributed by atoms with Gasteiger partial charge in [0.05, 0.1) is 22.8 Å². The average Bonchev–Trinajstić information content (AvgIpc) is 3.36. The van der Waals surface area contributed by atoms with Crippen molar-refractivity contribution < 1.29 is 23.8 Å². The van der Waals surface area contributed by atoms with Crippen LogP contribution in [0.2, 0.25) is 0 Å². The molecule has 2 aromatic carbocycles. The molecule has 0 spiro atoms. The SMILES string of the molecule is CCOc1ccc(N=C2NC(=O)/C(=C\c3ccc(-c4ccccc4C(=O)O)o3)S2)cc1. The van der Waals surface area contributed by atoms with E-state index >= 15 is 0 Å². The summed E-state index contributed by atoms with van der Waals surface area (Å²) >= 11 is 1.20. The Morgan fingerprint density at radius 3 is 2.68 bits per heavy atom. The predicted octanol–water partition coefficient (Wildman–Crippen LogP) is 4.94. The minimum atomic E-state index is -1.03. The van der Waals surface area contributed by atoms with Gasteiger partial charge >= 0.3 is 5.97 Å². The molecule has 156 valence electrons. The molecule has 0 aliphatic carbocycles. The maximum atomic E-state index is 12.3. The monoisotopic (exact) mass is 434 g/mol. The van der Waals surface area contributed by atoms with Gasteiger partial charge in [-0.05, 0) is 61.2 Å². The number of rotatable bonds is 6. The van der Waals surface area contributed by atoms with E-state index in [1.54, 1.807) is 36.4 Å². The molecule has 0 saturated carbocycles. The van der Waals surface area contributed by atoms with Crippen molar-refractivity contribution >= 4 is 40.6 Å². The van der Waals surface area contributed by atoms with Crippen molar-refractivity contribution in [2.45, 2.75) is 6.92 Å². The van der Waals surface area contributed by atoms with E-state index in [1.807, 2.05) is 31.2 Å². The molecule has 31 heavy (non-hydrogen) atoms. The number of thioether (sulfide) groups is 1. The summed E-state index contributed by atoms with van der Waals surface area (Å²) in [5.74, 6) is 0.297. The van der Waals surface area contributed by atoms with Crippen LogP contribution in [-0.2, 0) is 4.79 Å². The van der Waals surface area contributed by atoms with Crippen molar-refractivity contribution in [1.29, 1.82) is 0 Å². The molecule has 0 bridgehead atoms. The molecule has 1 aromatic heterocycles. The summed E-state index contributed by atoms with van der Waals surface area (Å²) in [4.78, 5) is 28.6. The molecule has 7 nitrogen and oxygen atoms in total. The fraction of sp³-hybridized carbons (Fsp3) is 0.0870. The maximum Gasteiger partial charge on any atom is 0.336 e. The quantitative estimate of drug-likeness (QED) is 0.533. The number of carboxylic acids is 1. The van der Waals surface area contributed by atoms with Crippen molar-refractivity contribution in [3.8, 4) is 17.1 Å². The number of carbonyl (C=O) groups is 2. The first kappa shape index (κ1) is 20.5. The molecule has 8 heteroatoms. The Morgan fingerprint density at radius 1 is 1.16 bits per heavy atom. The largest absolute Gasteiger partial charge is 0.494 e. The van der Waals surface area contributed by atoms with Gasteiger partial charge in [0, 0.05) is 11.6 Å². The van der Waals surface area contributed by atoms with Gasteiger partial charge in [0.25, 0.3) is 5.91 Å². The molecule has 1 aliphatic heterocycles. The lowest BCUT2D eigenvalue weighted by Crippen LogP contribution is -2.19. The Morgan fingerprint density at radius 2 is 1.94 bits per heavy atom. The standard InChI is InChI=1S/C23H18N2O5S/c1-2-29-15-9-7-14(8-10-15)24-23-25-21(26)20(31-23)13-16-11-12-19(30-16)17-5-3-4-6-18(17)22(27)28/h3-13H,2H2,1H3,(H,27,28)(H,24,25,26)/b20-13+. The zero-order chi connectivity index (χ0) is 21.8. The highest BCUT2D eigenvalue weighted by Crippen LogP contribution is 2.31. The zero-order valence-corrected chi connectivity index (χ0v) is 17.3.